The topological polar surface area (TPSA) is 96.5 Å². The molecular weight excluding hydrogens is 410 g/mol. The van der Waals surface area contributed by atoms with Gasteiger partial charge in [-0.3, -0.25) is 14.5 Å². The molecule has 1 amide bonds. The molecule has 0 saturated carbocycles. The largest absolute Gasteiger partial charge is 0.497 e. The fraction of sp³-hybridized carbons (Fsp3) is 0.600. The lowest BCUT2D eigenvalue weighted by Gasteiger charge is -2.40. The summed E-state index contributed by atoms with van der Waals surface area (Å²) in [5.41, 5.74) is 0. The van der Waals surface area contributed by atoms with Crippen LogP contribution in [-0.4, -0.2) is 93.4 Å². The smallest absolute Gasteiger partial charge is 0.320 e. The van der Waals surface area contributed by atoms with Crippen molar-refractivity contribution >= 4 is 21.9 Å². The highest BCUT2D eigenvalue weighted by molar-refractivity contribution is 7.89. The Kier molecular flexibility index (Phi) is 7.32. The summed E-state index contributed by atoms with van der Waals surface area (Å²) in [4.78, 5) is 28.7. The molecule has 0 aliphatic carbocycles. The third-order valence-corrected chi connectivity index (χ3v) is 7.33. The SMILES string of the molecule is CCOC(=O)CN1CCN(S(=O)(=O)c2cccc(OC)c2)C(C(=O)N2CCCC2)C1. The summed E-state index contributed by atoms with van der Waals surface area (Å²) in [5, 5.41) is 0. The number of benzene rings is 1. The van der Waals surface area contributed by atoms with Crippen LogP contribution in [-0.2, 0) is 24.3 Å². The van der Waals surface area contributed by atoms with Gasteiger partial charge in [0.15, 0.2) is 0 Å². The minimum Gasteiger partial charge on any atom is -0.497 e. The van der Waals surface area contributed by atoms with E-state index >= 15 is 0 Å². The van der Waals surface area contributed by atoms with E-state index in [9.17, 15) is 18.0 Å². The zero-order valence-corrected chi connectivity index (χ0v) is 18.3. The molecule has 1 aromatic rings. The molecule has 3 rings (SSSR count). The first kappa shape index (κ1) is 22.5. The number of ether oxygens (including phenoxy) is 2. The summed E-state index contributed by atoms with van der Waals surface area (Å²) < 4.78 is 38.2. The number of hydrogen-bond acceptors (Lipinski definition) is 7. The van der Waals surface area contributed by atoms with Crippen molar-refractivity contribution in [2.75, 3.05) is 53.0 Å². The number of carbonyl (C=O) groups excluding carboxylic acids is 2. The van der Waals surface area contributed by atoms with Gasteiger partial charge in [0.2, 0.25) is 15.9 Å². The van der Waals surface area contributed by atoms with Crippen molar-refractivity contribution in [1.82, 2.24) is 14.1 Å². The van der Waals surface area contributed by atoms with Gasteiger partial charge in [0.05, 0.1) is 25.2 Å². The van der Waals surface area contributed by atoms with Crippen molar-refractivity contribution in [2.45, 2.75) is 30.7 Å². The molecule has 1 unspecified atom stereocenters. The van der Waals surface area contributed by atoms with Crippen molar-refractivity contribution in [3.63, 3.8) is 0 Å². The molecule has 2 fully saturated rings. The molecule has 2 saturated heterocycles. The summed E-state index contributed by atoms with van der Waals surface area (Å²) in [6.45, 7) is 3.90. The average Bonchev–Trinajstić information content (AvgIpc) is 3.28. The van der Waals surface area contributed by atoms with Crippen molar-refractivity contribution in [3.8, 4) is 5.75 Å². The first-order valence-corrected chi connectivity index (χ1v) is 11.6. The lowest BCUT2D eigenvalue weighted by molar-refractivity contribution is -0.146. The molecule has 0 aromatic heterocycles. The van der Waals surface area contributed by atoms with E-state index in [1.54, 1.807) is 28.9 Å². The van der Waals surface area contributed by atoms with E-state index < -0.39 is 16.1 Å². The summed E-state index contributed by atoms with van der Waals surface area (Å²) in [6.07, 6.45) is 1.82. The fourth-order valence-electron chi connectivity index (χ4n) is 3.89. The van der Waals surface area contributed by atoms with Crippen LogP contribution >= 0.6 is 0 Å². The normalized spacial score (nSPS) is 20.9. The van der Waals surface area contributed by atoms with Crippen LogP contribution < -0.4 is 4.74 Å². The molecule has 1 aromatic carbocycles. The zero-order valence-electron chi connectivity index (χ0n) is 17.5. The van der Waals surface area contributed by atoms with Crippen LogP contribution in [0.4, 0.5) is 0 Å². The quantitative estimate of drug-likeness (QED) is 0.573. The molecule has 0 N–H and O–H groups in total. The third-order valence-electron chi connectivity index (χ3n) is 5.42. The number of rotatable bonds is 7. The Balaban J connectivity index is 1.87. The Bertz CT molecular complexity index is 869. The van der Waals surface area contributed by atoms with Crippen molar-refractivity contribution in [2.24, 2.45) is 0 Å². The predicted octanol–water partition coefficient (Wildman–Crippen LogP) is 0.556. The van der Waals surface area contributed by atoms with E-state index in [4.69, 9.17) is 9.47 Å². The molecular formula is C20H29N3O6S. The lowest BCUT2D eigenvalue weighted by atomic mass is 10.2. The van der Waals surface area contributed by atoms with Gasteiger partial charge in [0.1, 0.15) is 11.8 Å². The predicted molar refractivity (Wildman–Crippen MR) is 110 cm³/mol. The van der Waals surface area contributed by atoms with E-state index in [1.165, 1.54) is 23.5 Å². The summed E-state index contributed by atoms with van der Waals surface area (Å²) in [5.74, 6) is -0.166. The molecule has 30 heavy (non-hydrogen) atoms. The van der Waals surface area contributed by atoms with E-state index in [2.05, 4.69) is 0 Å². The van der Waals surface area contributed by atoms with Gasteiger partial charge in [0, 0.05) is 38.8 Å². The first-order chi connectivity index (χ1) is 14.4. The number of piperazine rings is 1. The standard InChI is InChI=1S/C20H29N3O6S/c1-3-29-19(24)15-21-11-12-23(18(14-21)20(25)22-9-4-5-10-22)30(26,27)17-8-6-7-16(13-17)28-2/h6-8,13,18H,3-5,9-12,14-15H2,1-2H3. The summed E-state index contributed by atoms with van der Waals surface area (Å²) in [6, 6.07) is 5.35. The van der Waals surface area contributed by atoms with Crippen LogP contribution in [0.15, 0.2) is 29.2 Å². The van der Waals surface area contributed by atoms with Gasteiger partial charge in [-0.25, -0.2) is 8.42 Å². The maximum atomic E-state index is 13.4. The maximum absolute atomic E-state index is 13.4. The van der Waals surface area contributed by atoms with Gasteiger partial charge >= 0.3 is 5.97 Å². The Hall–Kier alpha value is -2.17. The van der Waals surface area contributed by atoms with E-state index in [0.717, 1.165) is 12.8 Å². The van der Waals surface area contributed by atoms with Crippen molar-refractivity contribution in [1.29, 1.82) is 0 Å². The number of esters is 1. The lowest BCUT2D eigenvalue weighted by Crippen LogP contribution is -2.61. The van der Waals surface area contributed by atoms with Gasteiger partial charge in [-0.1, -0.05) is 6.07 Å². The highest BCUT2D eigenvalue weighted by atomic mass is 32.2. The van der Waals surface area contributed by atoms with Crippen LogP contribution in [0.1, 0.15) is 19.8 Å². The van der Waals surface area contributed by atoms with Gasteiger partial charge in [-0.15, -0.1) is 0 Å². The highest BCUT2D eigenvalue weighted by Crippen LogP contribution is 2.26. The number of likely N-dealkylation sites (tertiary alicyclic amines) is 1. The number of hydrogen-bond donors (Lipinski definition) is 0. The Morgan fingerprint density at radius 3 is 2.53 bits per heavy atom. The molecule has 9 nitrogen and oxygen atoms in total. The van der Waals surface area contributed by atoms with Crippen LogP contribution in [0, 0.1) is 0 Å². The minimum absolute atomic E-state index is 0.0324. The molecule has 2 heterocycles. The Morgan fingerprint density at radius 1 is 1.13 bits per heavy atom. The van der Waals surface area contributed by atoms with E-state index in [0.29, 0.717) is 25.4 Å². The molecule has 10 heteroatoms. The number of sulfonamides is 1. The van der Waals surface area contributed by atoms with Gasteiger partial charge < -0.3 is 14.4 Å². The minimum atomic E-state index is -3.92. The summed E-state index contributed by atoms with van der Waals surface area (Å²) >= 11 is 0. The monoisotopic (exact) mass is 439 g/mol. The number of nitrogens with zero attached hydrogens (tertiary/aromatic N) is 3. The number of methoxy groups -OCH3 is 1. The molecule has 2 aliphatic rings. The van der Waals surface area contributed by atoms with Gasteiger partial charge in [-0.2, -0.15) is 4.31 Å². The zero-order chi connectivity index (χ0) is 21.7. The number of carbonyl (C=O) groups is 2. The van der Waals surface area contributed by atoms with E-state index in [1.807, 2.05) is 0 Å². The van der Waals surface area contributed by atoms with Crippen molar-refractivity contribution < 1.29 is 27.5 Å². The first-order valence-electron chi connectivity index (χ1n) is 10.2. The molecule has 0 bridgehead atoms. The van der Waals surface area contributed by atoms with Crippen LogP contribution in [0.25, 0.3) is 0 Å². The molecule has 2 aliphatic heterocycles. The van der Waals surface area contributed by atoms with Gasteiger partial charge in [0.25, 0.3) is 0 Å². The average molecular weight is 440 g/mol. The van der Waals surface area contributed by atoms with Crippen LogP contribution in [0.3, 0.4) is 0 Å². The van der Waals surface area contributed by atoms with Crippen molar-refractivity contribution in [3.05, 3.63) is 24.3 Å². The Morgan fingerprint density at radius 2 is 1.87 bits per heavy atom. The number of amides is 1. The fourth-order valence-corrected chi connectivity index (χ4v) is 5.49. The molecule has 0 radical (unpaired) electrons. The van der Waals surface area contributed by atoms with Crippen LogP contribution in [0.5, 0.6) is 5.75 Å². The molecule has 166 valence electrons. The highest BCUT2D eigenvalue weighted by Gasteiger charge is 2.42. The second-order valence-electron chi connectivity index (χ2n) is 7.38. The van der Waals surface area contributed by atoms with Gasteiger partial charge in [-0.05, 0) is 31.9 Å². The van der Waals surface area contributed by atoms with E-state index in [-0.39, 0.29) is 43.0 Å². The second-order valence-corrected chi connectivity index (χ2v) is 9.27. The molecule has 0 spiro atoms. The Labute approximate surface area is 177 Å². The summed E-state index contributed by atoms with van der Waals surface area (Å²) in [7, 11) is -2.45. The second kappa shape index (κ2) is 9.76. The molecule has 1 atom stereocenters. The van der Waals surface area contributed by atoms with Crippen LogP contribution in [0.2, 0.25) is 0 Å². The third kappa shape index (κ3) is 4.93. The maximum Gasteiger partial charge on any atom is 0.320 e.